The second-order valence-corrected chi connectivity index (χ2v) is 5.34. The number of nitrogens with one attached hydrogen (secondary N) is 2. The van der Waals surface area contributed by atoms with Crippen LogP contribution < -0.4 is 15.4 Å². The van der Waals surface area contributed by atoms with Crippen molar-refractivity contribution >= 4 is 5.96 Å². The summed E-state index contributed by atoms with van der Waals surface area (Å²) >= 11 is 0. The lowest BCUT2D eigenvalue weighted by Gasteiger charge is -2.22. The Morgan fingerprint density at radius 2 is 1.95 bits per heavy atom. The molecule has 1 rings (SSSR count). The van der Waals surface area contributed by atoms with E-state index < -0.39 is 0 Å². The third-order valence-corrected chi connectivity index (χ3v) is 2.81. The van der Waals surface area contributed by atoms with Gasteiger partial charge in [-0.1, -0.05) is 39.0 Å². The van der Waals surface area contributed by atoms with E-state index in [-0.39, 0.29) is 5.41 Å². The van der Waals surface area contributed by atoms with Crippen LogP contribution in [-0.2, 0) is 5.41 Å². The summed E-state index contributed by atoms with van der Waals surface area (Å²) in [6.45, 7) is 7.89. The molecule has 106 valence electrons. The summed E-state index contributed by atoms with van der Waals surface area (Å²) in [5, 5.41) is 6.13. The van der Waals surface area contributed by atoms with Gasteiger partial charge >= 0.3 is 0 Å². The molecule has 2 N–H and O–H groups in total. The first-order chi connectivity index (χ1) is 8.99. The standard InChI is InChI=1S/C15H25N3O/c1-15(2,3)12-8-6-7-9-13(12)19-11-10-18-14(16-4)17-5/h6-9H,10-11H2,1-5H3,(H2,16,17,18). The highest BCUT2D eigenvalue weighted by atomic mass is 16.5. The Kier molecular flexibility index (Phi) is 5.67. The van der Waals surface area contributed by atoms with E-state index in [9.17, 15) is 0 Å². The second kappa shape index (κ2) is 7.02. The zero-order valence-corrected chi connectivity index (χ0v) is 12.6. The van der Waals surface area contributed by atoms with E-state index in [1.165, 1.54) is 5.56 Å². The van der Waals surface area contributed by atoms with Crippen molar-refractivity contribution in [3.05, 3.63) is 29.8 Å². The van der Waals surface area contributed by atoms with E-state index in [1.54, 1.807) is 7.05 Å². The molecule has 0 amide bonds. The average molecular weight is 263 g/mol. The molecule has 0 atom stereocenters. The first-order valence-electron chi connectivity index (χ1n) is 6.59. The first kappa shape index (κ1) is 15.3. The van der Waals surface area contributed by atoms with Crippen molar-refractivity contribution in [3.8, 4) is 5.75 Å². The van der Waals surface area contributed by atoms with Gasteiger partial charge in [-0.3, -0.25) is 4.99 Å². The van der Waals surface area contributed by atoms with E-state index in [4.69, 9.17) is 4.74 Å². The monoisotopic (exact) mass is 263 g/mol. The Balaban J connectivity index is 2.55. The lowest BCUT2D eigenvalue weighted by Crippen LogP contribution is -2.37. The molecule has 0 heterocycles. The van der Waals surface area contributed by atoms with E-state index in [0.29, 0.717) is 13.2 Å². The maximum Gasteiger partial charge on any atom is 0.190 e. The predicted octanol–water partition coefficient (Wildman–Crippen LogP) is 2.16. The third-order valence-electron chi connectivity index (χ3n) is 2.81. The Hall–Kier alpha value is -1.71. The van der Waals surface area contributed by atoms with Gasteiger partial charge in [0.15, 0.2) is 5.96 Å². The SMILES string of the molecule is CN=C(NC)NCCOc1ccccc1C(C)(C)C. The normalized spacial score (nSPS) is 12.2. The van der Waals surface area contributed by atoms with Crippen molar-refractivity contribution in [2.24, 2.45) is 4.99 Å². The van der Waals surface area contributed by atoms with Gasteiger partial charge in [0.1, 0.15) is 12.4 Å². The molecule has 0 unspecified atom stereocenters. The van der Waals surface area contributed by atoms with Crippen molar-refractivity contribution in [1.82, 2.24) is 10.6 Å². The highest BCUT2D eigenvalue weighted by Gasteiger charge is 2.18. The second-order valence-electron chi connectivity index (χ2n) is 5.34. The van der Waals surface area contributed by atoms with Crippen molar-refractivity contribution in [3.63, 3.8) is 0 Å². The van der Waals surface area contributed by atoms with Gasteiger partial charge < -0.3 is 15.4 Å². The molecule has 0 saturated heterocycles. The highest BCUT2D eigenvalue weighted by Crippen LogP contribution is 2.30. The van der Waals surface area contributed by atoms with Crippen LogP contribution in [0.3, 0.4) is 0 Å². The molecule has 1 aromatic carbocycles. The molecule has 0 spiro atoms. The minimum atomic E-state index is 0.0883. The Labute approximate surface area is 116 Å². The van der Waals surface area contributed by atoms with Crippen molar-refractivity contribution in [2.75, 3.05) is 27.2 Å². The molecule has 1 aromatic rings. The molecule has 4 nitrogen and oxygen atoms in total. The summed E-state index contributed by atoms with van der Waals surface area (Å²) in [5.74, 6) is 1.73. The Bertz CT molecular complexity index is 422. The summed E-state index contributed by atoms with van der Waals surface area (Å²) in [5.41, 5.74) is 1.32. The number of hydrogen-bond acceptors (Lipinski definition) is 2. The number of rotatable bonds is 4. The zero-order valence-electron chi connectivity index (χ0n) is 12.6. The van der Waals surface area contributed by atoms with E-state index in [1.807, 2.05) is 19.2 Å². The molecule has 0 aromatic heterocycles. The van der Waals surface area contributed by atoms with Crippen LogP contribution in [0, 0.1) is 0 Å². The Morgan fingerprint density at radius 1 is 1.26 bits per heavy atom. The topological polar surface area (TPSA) is 45.7 Å². The molecule has 19 heavy (non-hydrogen) atoms. The summed E-state index contributed by atoms with van der Waals surface area (Å²) in [6.07, 6.45) is 0. The van der Waals surface area contributed by atoms with Gasteiger partial charge in [-0.2, -0.15) is 0 Å². The molecule has 0 fully saturated rings. The van der Waals surface area contributed by atoms with Crippen LogP contribution in [0.2, 0.25) is 0 Å². The first-order valence-corrected chi connectivity index (χ1v) is 6.59. The number of para-hydroxylation sites is 1. The van der Waals surface area contributed by atoms with Gasteiger partial charge in [-0.15, -0.1) is 0 Å². The van der Waals surface area contributed by atoms with Crippen LogP contribution in [0.4, 0.5) is 0 Å². The average Bonchev–Trinajstić information content (AvgIpc) is 2.38. The maximum absolute atomic E-state index is 5.86. The molecule has 0 aliphatic heterocycles. The summed E-state index contributed by atoms with van der Waals surface area (Å²) < 4.78 is 5.86. The summed E-state index contributed by atoms with van der Waals surface area (Å²) in [7, 11) is 3.58. The van der Waals surface area contributed by atoms with Gasteiger partial charge in [0, 0.05) is 14.1 Å². The lowest BCUT2D eigenvalue weighted by atomic mass is 9.86. The van der Waals surface area contributed by atoms with E-state index >= 15 is 0 Å². The van der Waals surface area contributed by atoms with Gasteiger partial charge in [0.25, 0.3) is 0 Å². The van der Waals surface area contributed by atoms with Gasteiger partial charge in [-0.05, 0) is 17.0 Å². The third kappa shape index (κ3) is 4.81. The molecule has 0 aliphatic carbocycles. The number of ether oxygens (including phenoxy) is 1. The van der Waals surface area contributed by atoms with Crippen LogP contribution >= 0.6 is 0 Å². The summed E-state index contributed by atoms with van der Waals surface area (Å²) in [6, 6.07) is 8.20. The zero-order chi connectivity index (χ0) is 14.3. The van der Waals surface area contributed by atoms with E-state index in [2.05, 4.69) is 48.5 Å². The molecule has 0 bridgehead atoms. The van der Waals surface area contributed by atoms with Crippen LogP contribution in [0.25, 0.3) is 0 Å². The fraction of sp³-hybridized carbons (Fsp3) is 0.533. The largest absolute Gasteiger partial charge is 0.491 e. The van der Waals surface area contributed by atoms with Crippen LogP contribution in [-0.4, -0.2) is 33.2 Å². The van der Waals surface area contributed by atoms with Crippen molar-refractivity contribution in [2.45, 2.75) is 26.2 Å². The molecule has 0 aliphatic rings. The number of aliphatic imine (C=N–C) groups is 1. The molecular weight excluding hydrogens is 238 g/mol. The molecule has 0 radical (unpaired) electrons. The number of nitrogens with zero attached hydrogens (tertiary/aromatic N) is 1. The van der Waals surface area contributed by atoms with Gasteiger partial charge in [0.05, 0.1) is 6.54 Å². The molecule has 4 heteroatoms. The fourth-order valence-electron chi connectivity index (χ4n) is 1.82. The number of guanidine groups is 1. The summed E-state index contributed by atoms with van der Waals surface area (Å²) in [4.78, 5) is 4.05. The fourth-order valence-corrected chi connectivity index (χ4v) is 1.82. The lowest BCUT2D eigenvalue weighted by molar-refractivity contribution is 0.313. The van der Waals surface area contributed by atoms with Crippen LogP contribution in [0.15, 0.2) is 29.3 Å². The highest BCUT2D eigenvalue weighted by molar-refractivity contribution is 5.79. The quantitative estimate of drug-likeness (QED) is 0.497. The van der Waals surface area contributed by atoms with Gasteiger partial charge in [-0.25, -0.2) is 0 Å². The maximum atomic E-state index is 5.86. The minimum absolute atomic E-state index is 0.0883. The minimum Gasteiger partial charge on any atom is -0.491 e. The predicted molar refractivity (Wildman–Crippen MR) is 81.1 cm³/mol. The number of hydrogen-bond donors (Lipinski definition) is 2. The van der Waals surface area contributed by atoms with Crippen LogP contribution in [0.1, 0.15) is 26.3 Å². The van der Waals surface area contributed by atoms with Crippen molar-refractivity contribution < 1.29 is 4.74 Å². The van der Waals surface area contributed by atoms with Crippen LogP contribution in [0.5, 0.6) is 5.75 Å². The van der Waals surface area contributed by atoms with E-state index in [0.717, 1.165) is 11.7 Å². The number of benzene rings is 1. The Morgan fingerprint density at radius 3 is 2.53 bits per heavy atom. The smallest absolute Gasteiger partial charge is 0.190 e. The van der Waals surface area contributed by atoms with Gasteiger partial charge in [0.2, 0.25) is 0 Å². The molecule has 0 saturated carbocycles. The molecular formula is C15H25N3O. The van der Waals surface area contributed by atoms with Crippen molar-refractivity contribution in [1.29, 1.82) is 0 Å².